The molecule has 3 rings (SSSR count). The van der Waals surface area contributed by atoms with E-state index >= 15 is 0 Å². The van der Waals surface area contributed by atoms with E-state index in [9.17, 15) is 19.5 Å². The van der Waals surface area contributed by atoms with Crippen molar-refractivity contribution >= 4 is 41.0 Å². The molecule has 0 aliphatic rings. The van der Waals surface area contributed by atoms with Crippen LogP contribution in [-0.4, -0.2) is 47.5 Å². The van der Waals surface area contributed by atoms with Crippen molar-refractivity contribution in [2.75, 3.05) is 19.8 Å². The summed E-state index contributed by atoms with van der Waals surface area (Å²) in [4.78, 5) is 38.9. The number of hydrogen-bond acceptors (Lipinski definition) is 4. The SMILES string of the molecule is CN(C)C(=O)c1cccc(SCC(CC(=O)c2ccc(-c3ccc(Cl)cc3)cc2)C(=O)O)c1. The molecule has 3 aromatic carbocycles. The van der Waals surface area contributed by atoms with Crippen LogP contribution in [0.15, 0.2) is 77.7 Å². The Morgan fingerprint density at radius 1 is 0.909 bits per heavy atom. The molecule has 0 fully saturated rings. The first kappa shape index (κ1) is 24.6. The van der Waals surface area contributed by atoms with Gasteiger partial charge in [0, 0.05) is 47.3 Å². The van der Waals surface area contributed by atoms with Crippen LogP contribution in [0.1, 0.15) is 27.1 Å². The van der Waals surface area contributed by atoms with E-state index in [2.05, 4.69) is 0 Å². The second-order valence-corrected chi connectivity index (χ2v) is 9.31. The van der Waals surface area contributed by atoms with Crippen molar-refractivity contribution in [3.8, 4) is 11.1 Å². The molecule has 0 bridgehead atoms. The summed E-state index contributed by atoms with van der Waals surface area (Å²) in [6.45, 7) is 0. The maximum absolute atomic E-state index is 12.7. The highest BCUT2D eigenvalue weighted by molar-refractivity contribution is 7.99. The summed E-state index contributed by atoms with van der Waals surface area (Å²) >= 11 is 7.25. The summed E-state index contributed by atoms with van der Waals surface area (Å²) in [6, 6.07) is 21.6. The van der Waals surface area contributed by atoms with Gasteiger partial charge in [0.1, 0.15) is 0 Å². The number of carbonyl (C=O) groups excluding carboxylic acids is 2. The summed E-state index contributed by atoms with van der Waals surface area (Å²) in [7, 11) is 3.35. The third-order valence-electron chi connectivity index (χ3n) is 5.10. The van der Waals surface area contributed by atoms with Gasteiger partial charge in [0.2, 0.25) is 0 Å². The zero-order chi connectivity index (χ0) is 24.0. The van der Waals surface area contributed by atoms with Gasteiger partial charge < -0.3 is 10.0 Å². The van der Waals surface area contributed by atoms with E-state index in [1.807, 2.05) is 30.3 Å². The fourth-order valence-electron chi connectivity index (χ4n) is 3.22. The molecule has 0 aromatic heterocycles. The molecule has 0 saturated carbocycles. The van der Waals surface area contributed by atoms with E-state index in [1.54, 1.807) is 56.6 Å². The average molecular weight is 482 g/mol. The number of amides is 1. The topological polar surface area (TPSA) is 74.7 Å². The highest BCUT2D eigenvalue weighted by Gasteiger charge is 2.22. The Morgan fingerprint density at radius 2 is 1.52 bits per heavy atom. The molecule has 5 nitrogen and oxygen atoms in total. The summed E-state index contributed by atoms with van der Waals surface area (Å²) < 4.78 is 0. The quantitative estimate of drug-likeness (QED) is 0.310. The molecular weight excluding hydrogens is 458 g/mol. The largest absolute Gasteiger partial charge is 0.481 e. The zero-order valence-electron chi connectivity index (χ0n) is 18.3. The molecule has 1 N–H and O–H groups in total. The molecule has 0 aliphatic carbocycles. The zero-order valence-corrected chi connectivity index (χ0v) is 19.9. The third-order valence-corrected chi connectivity index (χ3v) is 6.51. The maximum atomic E-state index is 12.7. The van der Waals surface area contributed by atoms with E-state index in [4.69, 9.17) is 11.6 Å². The Balaban J connectivity index is 1.64. The van der Waals surface area contributed by atoms with Crippen molar-refractivity contribution < 1.29 is 19.5 Å². The molecule has 170 valence electrons. The van der Waals surface area contributed by atoms with Gasteiger partial charge in [-0.2, -0.15) is 0 Å². The first-order chi connectivity index (χ1) is 15.7. The summed E-state index contributed by atoms with van der Waals surface area (Å²) in [5, 5.41) is 10.3. The lowest BCUT2D eigenvalue weighted by Gasteiger charge is -2.13. The van der Waals surface area contributed by atoms with Gasteiger partial charge in [0.15, 0.2) is 5.78 Å². The molecule has 0 spiro atoms. The standard InChI is InChI=1S/C26H24ClNO4S/c1-28(2)25(30)20-4-3-5-23(14-20)33-16-21(26(31)32)15-24(29)19-8-6-17(7-9-19)18-10-12-22(27)13-11-18/h3-14,21H,15-16H2,1-2H3,(H,31,32). The van der Waals surface area contributed by atoms with E-state index < -0.39 is 11.9 Å². The summed E-state index contributed by atoms with van der Waals surface area (Å²) in [5.41, 5.74) is 2.94. The minimum atomic E-state index is -1.02. The van der Waals surface area contributed by atoms with Gasteiger partial charge in [-0.3, -0.25) is 14.4 Å². The first-order valence-electron chi connectivity index (χ1n) is 10.3. The molecule has 3 aromatic rings. The van der Waals surface area contributed by atoms with Crippen LogP contribution < -0.4 is 0 Å². The Hall–Kier alpha value is -3.09. The van der Waals surface area contributed by atoms with Gasteiger partial charge in [-0.15, -0.1) is 11.8 Å². The predicted molar refractivity (Wildman–Crippen MR) is 132 cm³/mol. The number of nitrogens with zero attached hydrogens (tertiary/aromatic N) is 1. The van der Waals surface area contributed by atoms with Gasteiger partial charge in [-0.1, -0.05) is 54.1 Å². The van der Waals surface area contributed by atoms with Crippen molar-refractivity contribution in [3.63, 3.8) is 0 Å². The van der Waals surface area contributed by atoms with E-state index in [-0.39, 0.29) is 23.9 Å². The number of halogens is 1. The smallest absolute Gasteiger partial charge is 0.307 e. The second kappa shape index (κ2) is 11.2. The molecule has 1 unspecified atom stereocenters. The van der Waals surface area contributed by atoms with E-state index in [0.29, 0.717) is 16.1 Å². The van der Waals surface area contributed by atoms with Gasteiger partial charge in [0.25, 0.3) is 5.91 Å². The second-order valence-electron chi connectivity index (χ2n) is 7.79. The number of thioether (sulfide) groups is 1. The van der Waals surface area contributed by atoms with Crippen molar-refractivity contribution in [1.82, 2.24) is 4.90 Å². The minimum Gasteiger partial charge on any atom is -0.481 e. The number of carboxylic acids is 1. The number of carbonyl (C=O) groups is 3. The highest BCUT2D eigenvalue weighted by atomic mass is 35.5. The number of carboxylic acid groups (broad SMARTS) is 1. The predicted octanol–water partition coefficient (Wildman–Crippen LogP) is 5.77. The van der Waals surface area contributed by atoms with E-state index in [1.165, 1.54) is 16.7 Å². The van der Waals surface area contributed by atoms with Crippen LogP contribution in [-0.2, 0) is 4.79 Å². The van der Waals surface area contributed by atoms with Gasteiger partial charge in [0.05, 0.1) is 5.92 Å². The molecule has 0 saturated heterocycles. The van der Waals surface area contributed by atoms with Crippen molar-refractivity contribution in [2.45, 2.75) is 11.3 Å². The Bertz CT molecular complexity index is 1140. The van der Waals surface area contributed by atoms with Crippen molar-refractivity contribution in [2.24, 2.45) is 5.92 Å². The Kier molecular flexibility index (Phi) is 8.31. The molecule has 0 radical (unpaired) electrons. The van der Waals surface area contributed by atoms with Gasteiger partial charge in [-0.05, 0) is 41.5 Å². The fourth-order valence-corrected chi connectivity index (χ4v) is 4.39. The lowest BCUT2D eigenvalue weighted by atomic mass is 9.97. The van der Waals surface area contributed by atoms with Crippen molar-refractivity contribution in [1.29, 1.82) is 0 Å². The van der Waals surface area contributed by atoms with Gasteiger partial charge in [-0.25, -0.2) is 0 Å². The normalized spacial score (nSPS) is 11.6. The van der Waals surface area contributed by atoms with Crippen LogP contribution in [0.3, 0.4) is 0 Å². The monoisotopic (exact) mass is 481 g/mol. The maximum Gasteiger partial charge on any atom is 0.307 e. The van der Waals surface area contributed by atoms with Crippen LogP contribution in [0.5, 0.6) is 0 Å². The molecule has 0 heterocycles. The Morgan fingerprint density at radius 3 is 2.09 bits per heavy atom. The molecule has 1 amide bonds. The third kappa shape index (κ3) is 6.70. The number of Topliss-reactive ketones (excluding diaryl/α,β-unsaturated/α-hetero) is 1. The number of hydrogen-bond donors (Lipinski definition) is 1. The first-order valence-corrected chi connectivity index (χ1v) is 11.7. The van der Waals surface area contributed by atoms with Crippen LogP contribution in [0, 0.1) is 5.92 Å². The number of rotatable bonds is 9. The average Bonchev–Trinajstić information content (AvgIpc) is 2.81. The lowest BCUT2D eigenvalue weighted by Crippen LogP contribution is -2.21. The summed E-state index contributed by atoms with van der Waals surface area (Å²) in [5.74, 6) is -1.98. The summed E-state index contributed by atoms with van der Waals surface area (Å²) in [6.07, 6.45) is -0.0983. The molecule has 7 heteroatoms. The Labute approximate surface area is 202 Å². The minimum absolute atomic E-state index is 0.0983. The fraction of sp³-hybridized carbons (Fsp3) is 0.192. The lowest BCUT2D eigenvalue weighted by molar-refractivity contribution is -0.140. The molecule has 1 atom stereocenters. The van der Waals surface area contributed by atoms with E-state index in [0.717, 1.165) is 16.0 Å². The van der Waals surface area contributed by atoms with Crippen LogP contribution in [0.2, 0.25) is 5.02 Å². The van der Waals surface area contributed by atoms with Gasteiger partial charge >= 0.3 is 5.97 Å². The van der Waals surface area contributed by atoms with Crippen LogP contribution >= 0.6 is 23.4 Å². The van der Waals surface area contributed by atoms with Crippen LogP contribution in [0.4, 0.5) is 0 Å². The molecule has 0 aliphatic heterocycles. The number of ketones is 1. The number of benzene rings is 3. The molecular formula is C26H24ClNO4S. The highest BCUT2D eigenvalue weighted by Crippen LogP contribution is 2.26. The number of aliphatic carboxylic acids is 1. The van der Waals surface area contributed by atoms with Crippen LogP contribution in [0.25, 0.3) is 11.1 Å². The van der Waals surface area contributed by atoms with Crippen molar-refractivity contribution in [3.05, 3.63) is 88.9 Å². The molecule has 33 heavy (non-hydrogen) atoms.